The summed E-state index contributed by atoms with van der Waals surface area (Å²) in [6, 6.07) is -0.513. The fourth-order valence-corrected chi connectivity index (χ4v) is 2.37. The first-order valence-electron chi connectivity index (χ1n) is 7.77. The molecule has 0 aromatic carbocycles. The maximum atomic E-state index is 12.5. The molecule has 25 heavy (non-hydrogen) atoms. The van der Waals surface area contributed by atoms with E-state index < -0.39 is 35.6 Å². The molecule has 0 spiro atoms. The fourth-order valence-electron chi connectivity index (χ4n) is 2.37. The van der Waals surface area contributed by atoms with Crippen molar-refractivity contribution >= 4 is 12.0 Å². The molecule has 10 heteroatoms. The van der Waals surface area contributed by atoms with Crippen LogP contribution < -0.4 is 10.2 Å². The van der Waals surface area contributed by atoms with Crippen molar-refractivity contribution in [2.75, 3.05) is 18.0 Å². The Morgan fingerprint density at radius 2 is 1.92 bits per heavy atom. The van der Waals surface area contributed by atoms with Crippen molar-refractivity contribution in [3.05, 3.63) is 18.0 Å². The van der Waals surface area contributed by atoms with E-state index in [4.69, 9.17) is 4.74 Å². The van der Waals surface area contributed by atoms with Crippen LogP contribution in [0.15, 0.2) is 12.4 Å². The summed E-state index contributed by atoms with van der Waals surface area (Å²) < 4.78 is 42.7. The van der Waals surface area contributed by atoms with Gasteiger partial charge in [0.15, 0.2) is 0 Å². The van der Waals surface area contributed by atoms with Crippen molar-refractivity contribution in [1.29, 1.82) is 0 Å². The van der Waals surface area contributed by atoms with Crippen LogP contribution >= 0.6 is 0 Å². The fraction of sp³-hybridized carbons (Fsp3) is 0.667. The predicted octanol–water partition coefficient (Wildman–Crippen LogP) is 1.96. The van der Waals surface area contributed by atoms with E-state index >= 15 is 0 Å². The van der Waals surface area contributed by atoms with Crippen LogP contribution in [0.5, 0.6) is 0 Å². The number of nitrogens with zero attached hydrogens (tertiary/aromatic N) is 3. The van der Waals surface area contributed by atoms with Gasteiger partial charge in [-0.05, 0) is 27.2 Å². The summed E-state index contributed by atoms with van der Waals surface area (Å²) in [5.74, 6) is 0.0998. The molecule has 1 saturated heterocycles. The summed E-state index contributed by atoms with van der Waals surface area (Å²) in [6.07, 6.45) is -4.25. The van der Waals surface area contributed by atoms with Gasteiger partial charge in [0, 0.05) is 25.5 Å². The summed E-state index contributed by atoms with van der Waals surface area (Å²) in [5.41, 5.74) is -1.58. The zero-order valence-corrected chi connectivity index (χ0v) is 14.2. The van der Waals surface area contributed by atoms with Crippen molar-refractivity contribution < 1.29 is 27.8 Å². The third kappa shape index (κ3) is 5.45. The van der Waals surface area contributed by atoms with Crippen LogP contribution in [0.4, 0.5) is 23.9 Å². The Morgan fingerprint density at radius 3 is 2.40 bits per heavy atom. The Morgan fingerprint density at radius 1 is 1.32 bits per heavy atom. The minimum absolute atomic E-state index is 0.0891. The van der Waals surface area contributed by atoms with Gasteiger partial charge in [-0.2, -0.15) is 13.2 Å². The molecule has 1 aromatic rings. The topological polar surface area (TPSA) is 87.6 Å². The van der Waals surface area contributed by atoms with Crippen LogP contribution in [0.2, 0.25) is 0 Å². The molecule has 7 nitrogen and oxygen atoms in total. The first-order valence-corrected chi connectivity index (χ1v) is 7.77. The van der Waals surface area contributed by atoms with Gasteiger partial charge in [-0.3, -0.25) is 0 Å². The molecule has 1 amide bonds. The molecule has 140 valence electrons. The van der Waals surface area contributed by atoms with Gasteiger partial charge in [-0.15, -0.1) is 0 Å². The molecule has 1 aromatic heterocycles. The molecular formula is C15H21F3N4O3. The Labute approximate surface area is 143 Å². The van der Waals surface area contributed by atoms with E-state index in [1.807, 2.05) is 0 Å². The van der Waals surface area contributed by atoms with Crippen molar-refractivity contribution in [3.8, 4) is 0 Å². The van der Waals surface area contributed by atoms with E-state index in [0.717, 1.165) is 0 Å². The van der Waals surface area contributed by atoms with E-state index in [1.165, 1.54) is 0 Å². The number of hydrogen-bond acceptors (Lipinski definition) is 6. The highest BCUT2D eigenvalue weighted by Gasteiger charge is 2.33. The highest BCUT2D eigenvalue weighted by molar-refractivity contribution is 5.68. The maximum absolute atomic E-state index is 12.5. The smallest absolute Gasteiger partial charge is 0.419 e. The highest BCUT2D eigenvalue weighted by Crippen LogP contribution is 2.28. The first kappa shape index (κ1) is 19.2. The number of amides is 1. The standard InChI is InChI=1S/C15H21F3N4O3/c1-14(2,3)25-13(24)21-10-4-5-22(8-11(10)23)12-19-6-9(7-20-12)15(16,17)18/h6-7,10-11,23H,4-5,8H2,1-3H3,(H,21,24)/t10-,11+/m1/s1. The Kier molecular flexibility index (Phi) is 5.40. The van der Waals surface area contributed by atoms with Gasteiger partial charge in [0.2, 0.25) is 5.95 Å². The zero-order valence-electron chi connectivity index (χ0n) is 14.2. The molecule has 0 saturated carbocycles. The number of alkyl halides is 3. The van der Waals surface area contributed by atoms with Crippen LogP contribution in [0.3, 0.4) is 0 Å². The molecule has 2 N–H and O–H groups in total. The molecule has 0 aliphatic carbocycles. The van der Waals surface area contributed by atoms with E-state index in [0.29, 0.717) is 25.4 Å². The number of hydrogen-bond donors (Lipinski definition) is 2. The van der Waals surface area contributed by atoms with Crippen molar-refractivity contribution in [2.24, 2.45) is 0 Å². The van der Waals surface area contributed by atoms with Gasteiger partial charge < -0.3 is 20.1 Å². The Balaban J connectivity index is 1.94. The number of aliphatic hydroxyl groups is 1. The Hall–Kier alpha value is -2.10. The molecule has 1 aliphatic rings. The second-order valence-corrected chi connectivity index (χ2v) is 6.82. The van der Waals surface area contributed by atoms with E-state index in [-0.39, 0.29) is 12.5 Å². The zero-order chi connectivity index (χ0) is 18.8. The normalized spacial score (nSPS) is 21.8. The minimum Gasteiger partial charge on any atom is -0.444 e. The number of rotatable bonds is 2. The second kappa shape index (κ2) is 7.03. The number of aliphatic hydroxyl groups excluding tert-OH is 1. The maximum Gasteiger partial charge on any atom is 0.419 e. The molecule has 2 rings (SSSR count). The van der Waals surface area contributed by atoms with Gasteiger partial charge in [-0.25, -0.2) is 14.8 Å². The molecule has 0 bridgehead atoms. The molecular weight excluding hydrogens is 341 g/mol. The number of halogens is 3. The number of anilines is 1. The van der Waals surface area contributed by atoms with Crippen LogP contribution in [0.25, 0.3) is 0 Å². The highest BCUT2D eigenvalue weighted by atomic mass is 19.4. The number of carbonyl (C=O) groups is 1. The number of ether oxygens (including phenoxy) is 1. The molecule has 0 unspecified atom stereocenters. The lowest BCUT2D eigenvalue weighted by molar-refractivity contribution is -0.138. The third-order valence-electron chi connectivity index (χ3n) is 3.53. The first-order chi connectivity index (χ1) is 11.5. The molecule has 1 fully saturated rings. The average Bonchev–Trinajstić information content (AvgIpc) is 2.46. The monoisotopic (exact) mass is 362 g/mol. The molecule has 0 radical (unpaired) electrons. The molecule has 2 atom stereocenters. The number of β-amino-alcohol motifs (C(OH)–C–C–N with tert-alkyl or cyclic N) is 1. The van der Waals surface area contributed by atoms with Gasteiger partial charge in [0.05, 0.1) is 17.7 Å². The van der Waals surface area contributed by atoms with Crippen molar-refractivity contribution in [1.82, 2.24) is 15.3 Å². The van der Waals surface area contributed by atoms with Crippen LogP contribution in [-0.4, -0.2) is 52.0 Å². The number of alkyl carbamates (subject to hydrolysis) is 1. The van der Waals surface area contributed by atoms with E-state index in [2.05, 4.69) is 15.3 Å². The summed E-state index contributed by atoms with van der Waals surface area (Å²) in [4.78, 5) is 20.8. The lowest BCUT2D eigenvalue weighted by Gasteiger charge is -2.36. The van der Waals surface area contributed by atoms with Gasteiger partial charge in [0.25, 0.3) is 0 Å². The molecule has 2 heterocycles. The van der Waals surface area contributed by atoms with Crippen molar-refractivity contribution in [2.45, 2.75) is 51.1 Å². The van der Waals surface area contributed by atoms with Gasteiger partial charge in [-0.1, -0.05) is 0 Å². The lowest BCUT2D eigenvalue weighted by atomic mass is 10.0. The van der Waals surface area contributed by atoms with E-state index in [9.17, 15) is 23.1 Å². The predicted molar refractivity (Wildman–Crippen MR) is 83.0 cm³/mol. The largest absolute Gasteiger partial charge is 0.444 e. The van der Waals surface area contributed by atoms with Crippen LogP contribution in [0.1, 0.15) is 32.8 Å². The number of carbonyl (C=O) groups excluding carboxylic acids is 1. The van der Waals surface area contributed by atoms with Gasteiger partial charge >= 0.3 is 12.3 Å². The van der Waals surface area contributed by atoms with Crippen LogP contribution in [-0.2, 0) is 10.9 Å². The number of nitrogens with one attached hydrogen (secondary N) is 1. The number of piperidine rings is 1. The summed E-state index contributed by atoms with van der Waals surface area (Å²) in [6.45, 7) is 5.66. The van der Waals surface area contributed by atoms with Crippen LogP contribution in [0, 0.1) is 0 Å². The summed E-state index contributed by atoms with van der Waals surface area (Å²) in [5, 5.41) is 12.8. The van der Waals surface area contributed by atoms with Gasteiger partial charge in [0.1, 0.15) is 5.60 Å². The molecule has 1 aliphatic heterocycles. The second-order valence-electron chi connectivity index (χ2n) is 6.82. The minimum atomic E-state index is -4.50. The van der Waals surface area contributed by atoms with Crippen molar-refractivity contribution in [3.63, 3.8) is 0 Å². The summed E-state index contributed by atoms with van der Waals surface area (Å²) >= 11 is 0. The number of aromatic nitrogens is 2. The average molecular weight is 362 g/mol. The third-order valence-corrected chi connectivity index (χ3v) is 3.53. The lowest BCUT2D eigenvalue weighted by Crippen LogP contribution is -2.55. The summed E-state index contributed by atoms with van der Waals surface area (Å²) in [7, 11) is 0. The Bertz CT molecular complexity index is 602. The van der Waals surface area contributed by atoms with E-state index in [1.54, 1.807) is 25.7 Å². The SMILES string of the molecule is CC(C)(C)OC(=O)N[C@@H]1CCN(c2ncc(C(F)(F)F)cn2)C[C@@H]1O. The quantitative estimate of drug-likeness (QED) is 0.836.